The predicted octanol–water partition coefficient (Wildman–Crippen LogP) is 5.87. The molecule has 0 bridgehead atoms. The lowest BCUT2D eigenvalue weighted by molar-refractivity contribution is 0.243. The van der Waals surface area contributed by atoms with Crippen molar-refractivity contribution in [3.05, 3.63) is 60.6 Å². The highest BCUT2D eigenvalue weighted by Crippen LogP contribution is 2.41. The molecule has 3 aliphatic rings. The second-order valence-electron chi connectivity index (χ2n) is 8.75. The molecule has 1 aromatic rings. The molecule has 3 aliphatic heterocycles. The van der Waals surface area contributed by atoms with Crippen molar-refractivity contribution in [2.24, 2.45) is 15.9 Å². The van der Waals surface area contributed by atoms with Crippen LogP contribution in [0, 0.1) is 10.8 Å². The van der Waals surface area contributed by atoms with Crippen molar-refractivity contribution in [2.75, 3.05) is 0 Å². The lowest BCUT2D eigenvalue weighted by Crippen LogP contribution is -2.36. The van der Waals surface area contributed by atoms with E-state index in [2.05, 4.69) is 79.4 Å². The Morgan fingerprint density at radius 2 is 1.79 bits per heavy atom. The van der Waals surface area contributed by atoms with Crippen LogP contribution in [0.1, 0.15) is 61.1 Å². The normalized spacial score (nSPS) is 21.6. The Morgan fingerprint density at radius 3 is 2.45 bits per heavy atom. The van der Waals surface area contributed by atoms with Crippen LogP contribution in [0.4, 0.5) is 0 Å². The zero-order valence-electron chi connectivity index (χ0n) is 19.3. The molecular weight excluding hydrogens is 358 g/mol. The molecule has 0 aromatic carbocycles. The first-order valence-electron chi connectivity index (χ1n) is 10.6. The summed E-state index contributed by atoms with van der Waals surface area (Å²) in [6, 6.07) is 0.560. The van der Waals surface area contributed by atoms with Crippen LogP contribution in [0.2, 0.25) is 0 Å². The Balaban J connectivity index is 0.000000194. The van der Waals surface area contributed by atoms with Gasteiger partial charge in [0.15, 0.2) is 0 Å². The Hall–Kier alpha value is -2.56. The molecule has 0 amide bonds. The molecule has 29 heavy (non-hydrogen) atoms. The number of hydrogen-bond donors (Lipinski definition) is 0. The summed E-state index contributed by atoms with van der Waals surface area (Å²) < 4.78 is 2.05. The first-order chi connectivity index (χ1) is 13.7. The maximum Gasteiger partial charge on any atom is 0.0990 e. The van der Waals surface area contributed by atoms with Crippen molar-refractivity contribution in [1.29, 1.82) is 0 Å². The van der Waals surface area contributed by atoms with Gasteiger partial charge in [-0.2, -0.15) is 5.10 Å². The average Bonchev–Trinajstić information content (AvgIpc) is 3.17. The van der Waals surface area contributed by atoms with E-state index in [1.807, 2.05) is 62.1 Å². The molecule has 0 saturated carbocycles. The molecule has 1 atom stereocenters. The number of nitrogens with zero attached hydrogens (tertiary/aromatic N) is 5. The van der Waals surface area contributed by atoms with Crippen LogP contribution in [0.15, 0.2) is 60.0 Å². The molecule has 0 fully saturated rings. The third-order valence-corrected chi connectivity index (χ3v) is 5.56. The van der Waals surface area contributed by atoms with Gasteiger partial charge in [0, 0.05) is 36.3 Å². The van der Waals surface area contributed by atoms with Crippen molar-refractivity contribution in [3.8, 4) is 0 Å². The maximum absolute atomic E-state index is 4.47. The topological polar surface area (TPSA) is 36.7 Å². The number of hydrazone groups is 1. The van der Waals surface area contributed by atoms with E-state index in [9.17, 15) is 0 Å². The van der Waals surface area contributed by atoms with Crippen LogP contribution in [-0.4, -0.2) is 31.7 Å². The quantitative estimate of drug-likeness (QED) is 0.597. The second kappa shape index (κ2) is 9.29. The summed E-state index contributed by atoms with van der Waals surface area (Å²) in [6.45, 7) is 18.3. The minimum atomic E-state index is 0.0222. The van der Waals surface area contributed by atoms with Gasteiger partial charge in [-0.05, 0) is 37.5 Å². The molecule has 0 saturated heterocycles. The molecule has 0 spiro atoms. The van der Waals surface area contributed by atoms with Gasteiger partial charge >= 0.3 is 0 Å². The van der Waals surface area contributed by atoms with E-state index >= 15 is 0 Å². The number of allylic oxidation sites excluding steroid dienone is 4. The highest BCUT2D eigenvalue weighted by atomic mass is 15.4. The van der Waals surface area contributed by atoms with Crippen molar-refractivity contribution >= 4 is 12.4 Å². The summed E-state index contributed by atoms with van der Waals surface area (Å²) in [5, 5.41) is 6.38. The van der Waals surface area contributed by atoms with Gasteiger partial charge in [0.2, 0.25) is 0 Å². The number of imidazole rings is 1. The monoisotopic (exact) mass is 395 g/mol. The van der Waals surface area contributed by atoms with Crippen molar-refractivity contribution in [1.82, 2.24) is 19.5 Å². The van der Waals surface area contributed by atoms with Crippen LogP contribution in [-0.2, 0) is 6.54 Å². The molecule has 4 rings (SSSR count). The molecule has 0 radical (unpaired) electrons. The zero-order chi connectivity index (χ0) is 21.7. The Labute approximate surface area is 176 Å². The summed E-state index contributed by atoms with van der Waals surface area (Å²) in [4.78, 5) is 6.37. The van der Waals surface area contributed by atoms with Gasteiger partial charge in [-0.1, -0.05) is 47.6 Å². The smallest absolute Gasteiger partial charge is 0.0990 e. The van der Waals surface area contributed by atoms with E-state index in [1.165, 1.54) is 5.69 Å². The molecule has 1 aromatic heterocycles. The minimum Gasteiger partial charge on any atom is -0.368 e. The first-order valence-corrected chi connectivity index (χ1v) is 10.6. The molecule has 0 N–H and O–H groups in total. The lowest BCUT2D eigenvalue weighted by atomic mass is 9.68. The van der Waals surface area contributed by atoms with Crippen molar-refractivity contribution in [3.63, 3.8) is 0 Å². The molecule has 158 valence electrons. The van der Waals surface area contributed by atoms with Crippen LogP contribution in [0.3, 0.4) is 0 Å². The van der Waals surface area contributed by atoms with Gasteiger partial charge in [-0.3, -0.25) is 0 Å². The first kappa shape index (κ1) is 22.7. The lowest BCUT2D eigenvalue weighted by Gasteiger charge is -2.40. The van der Waals surface area contributed by atoms with E-state index in [-0.39, 0.29) is 10.8 Å². The second-order valence-corrected chi connectivity index (χ2v) is 8.75. The van der Waals surface area contributed by atoms with Crippen LogP contribution < -0.4 is 0 Å². The number of aromatic nitrogens is 2. The van der Waals surface area contributed by atoms with Crippen LogP contribution in [0.5, 0.6) is 0 Å². The third kappa shape index (κ3) is 5.28. The van der Waals surface area contributed by atoms with Gasteiger partial charge in [0.05, 0.1) is 30.5 Å². The summed E-state index contributed by atoms with van der Waals surface area (Å²) in [5.41, 5.74) is 2.63. The maximum atomic E-state index is 4.47. The third-order valence-electron chi connectivity index (χ3n) is 5.56. The molecular formula is C24H37N5. The largest absolute Gasteiger partial charge is 0.368 e. The fraction of sp³-hybridized carbons (Fsp3) is 0.500. The molecule has 1 unspecified atom stereocenters. The number of hydrogen-bond acceptors (Lipinski definition) is 4. The standard InChI is InChI=1S/C13H18N2.C9H13N3.C2H6/c1-12(2,3)13(4)9-11-7-5-6-8-15(11)14-10-13;1-8(2)11-3-4-12-7-10-5-9(12)6-11;1-2/h5-10H,1-4H3;3-5,7-8H,6H2,1-2H3;1-2H3. The highest BCUT2D eigenvalue weighted by molar-refractivity contribution is 5.71. The Kier molecular flexibility index (Phi) is 7.28. The molecule has 4 heterocycles. The minimum absolute atomic E-state index is 0.0222. The summed E-state index contributed by atoms with van der Waals surface area (Å²) >= 11 is 0. The fourth-order valence-electron chi connectivity index (χ4n) is 2.94. The van der Waals surface area contributed by atoms with Gasteiger partial charge in [0.1, 0.15) is 0 Å². The van der Waals surface area contributed by atoms with Crippen molar-refractivity contribution in [2.45, 2.75) is 68.0 Å². The van der Waals surface area contributed by atoms with Gasteiger partial charge in [0.25, 0.3) is 0 Å². The van der Waals surface area contributed by atoms with Gasteiger partial charge in [-0.15, -0.1) is 0 Å². The van der Waals surface area contributed by atoms with E-state index in [1.54, 1.807) is 0 Å². The number of fused-ring (bicyclic) bond motifs is 2. The SMILES string of the molecule is CC.CC(C)(C)C1(C)C=NN2C=CC=CC2=C1.CC(C)N1C=Cn2cncc2C1. The molecule has 5 nitrogen and oxygen atoms in total. The van der Waals surface area contributed by atoms with E-state index in [0.717, 1.165) is 12.2 Å². The van der Waals surface area contributed by atoms with Gasteiger partial charge < -0.3 is 9.47 Å². The molecule has 5 heteroatoms. The van der Waals surface area contributed by atoms with Crippen LogP contribution >= 0.6 is 0 Å². The Morgan fingerprint density at radius 1 is 1.07 bits per heavy atom. The fourth-order valence-corrected chi connectivity index (χ4v) is 2.94. The highest BCUT2D eigenvalue weighted by Gasteiger charge is 2.37. The van der Waals surface area contributed by atoms with E-state index in [0.29, 0.717) is 6.04 Å². The molecule has 0 aliphatic carbocycles. The van der Waals surface area contributed by atoms with Crippen LogP contribution in [0.25, 0.3) is 6.20 Å². The average molecular weight is 396 g/mol. The van der Waals surface area contributed by atoms with Crippen molar-refractivity contribution < 1.29 is 0 Å². The number of rotatable bonds is 1. The summed E-state index contributed by atoms with van der Waals surface area (Å²) in [6.07, 6.45) is 20.4. The van der Waals surface area contributed by atoms with Gasteiger partial charge in [-0.25, -0.2) is 9.99 Å². The van der Waals surface area contributed by atoms with E-state index in [4.69, 9.17) is 0 Å². The predicted molar refractivity (Wildman–Crippen MR) is 124 cm³/mol. The zero-order valence-corrected chi connectivity index (χ0v) is 19.3. The summed E-state index contributed by atoms with van der Waals surface area (Å²) in [7, 11) is 0. The Bertz CT molecular complexity index is 817. The summed E-state index contributed by atoms with van der Waals surface area (Å²) in [5.74, 6) is 0. The van der Waals surface area contributed by atoms with E-state index < -0.39 is 0 Å².